The molecule has 2 rings (SSSR count). The third-order valence-electron chi connectivity index (χ3n) is 2.38. The Labute approximate surface area is 103 Å². The van der Waals surface area contributed by atoms with Crippen molar-refractivity contribution in [1.29, 1.82) is 0 Å². The van der Waals surface area contributed by atoms with Gasteiger partial charge in [-0.15, -0.1) is 5.10 Å². The zero-order valence-electron chi connectivity index (χ0n) is 9.84. The number of carbonyl (C=O) groups excluding carboxylic acids is 1. The lowest BCUT2D eigenvalue weighted by Gasteiger charge is -2.10. The predicted molar refractivity (Wildman–Crippen MR) is 63.7 cm³/mol. The van der Waals surface area contributed by atoms with E-state index in [0.29, 0.717) is 10.6 Å². The highest BCUT2D eigenvalue weighted by Gasteiger charge is 2.17. The molecule has 2 heterocycles. The van der Waals surface area contributed by atoms with Gasteiger partial charge in [0.25, 0.3) is 5.91 Å². The van der Waals surface area contributed by atoms with E-state index in [2.05, 4.69) is 20.0 Å². The Morgan fingerprint density at radius 2 is 2.35 bits per heavy atom. The molecule has 0 aliphatic heterocycles. The van der Waals surface area contributed by atoms with Crippen LogP contribution < -0.4 is 5.32 Å². The van der Waals surface area contributed by atoms with Crippen molar-refractivity contribution < 1.29 is 4.79 Å². The van der Waals surface area contributed by atoms with E-state index in [1.165, 1.54) is 0 Å². The molecular weight excluding hydrogens is 238 g/mol. The van der Waals surface area contributed by atoms with E-state index in [4.69, 9.17) is 0 Å². The molecule has 2 aromatic heterocycles. The SMILES string of the molecule is Cc1nnsc1C(=O)N[C@@H](C)c1ccn(C)n1. The fourth-order valence-corrected chi connectivity index (χ4v) is 2.00. The van der Waals surface area contributed by atoms with Crippen molar-refractivity contribution in [1.82, 2.24) is 24.7 Å². The minimum Gasteiger partial charge on any atom is -0.343 e. The minimum atomic E-state index is -0.157. The number of nitrogens with one attached hydrogen (secondary N) is 1. The Kier molecular flexibility index (Phi) is 3.19. The molecule has 2 aromatic rings. The number of hydrogen-bond acceptors (Lipinski definition) is 5. The lowest BCUT2D eigenvalue weighted by Crippen LogP contribution is -2.26. The maximum atomic E-state index is 11.9. The van der Waals surface area contributed by atoms with Crippen LogP contribution in [0.2, 0.25) is 0 Å². The molecule has 90 valence electrons. The standard InChI is InChI=1S/C10H13N5OS/c1-6(8-4-5-15(3)13-8)11-10(16)9-7(2)12-14-17-9/h4-6H,1-3H3,(H,11,16)/t6-/m0/s1. The molecule has 1 N–H and O–H groups in total. The first-order chi connectivity index (χ1) is 8.08. The molecule has 0 aliphatic rings. The lowest BCUT2D eigenvalue weighted by atomic mass is 10.2. The largest absolute Gasteiger partial charge is 0.343 e. The van der Waals surface area contributed by atoms with Crippen molar-refractivity contribution in [2.45, 2.75) is 19.9 Å². The Bertz CT molecular complexity index is 532. The van der Waals surface area contributed by atoms with Gasteiger partial charge in [0, 0.05) is 13.2 Å². The summed E-state index contributed by atoms with van der Waals surface area (Å²) in [5.74, 6) is -0.157. The zero-order chi connectivity index (χ0) is 12.4. The monoisotopic (exact) mass is 251 g/mol. The Hall–Kier alpha value is -1.76. The van der Waals surface area contributed by atoms with Crippen molar-refractivity contribution in [3.05, 3.63) is 28.5 Å². The first-order valence-electron chi connectivity index (χ1n) is 5.17. The van der Waals surface area contributed by atoms with Crippen LogP contribution in [0.1, 0.15) is 34.0 Å². The molecule has 0 radical (unpaired) electrons. The van der Waals surface area contributed by atoms with Crippen LogP contribution in [0.3, 0.4) is 0 Å². The maximum Gasteiger partial charge on any atom is 0.265 e. The molecule has 1 amide bonds. The zero-order valence-corrected chi connectivity index (χ0v) is 10.7. The molecule has 7 heteroatoms. The van der Waals surface area contributed by atoms with Crippen LogP contribution in [-0.4, -0.2) is 25.3 Å². The van der Waals surface area contributed by atoms with Crippen LogP contribution in [0.25, 0.3) is 0 Å². The molecule has 0 unspecified atom stereocenters. The second kappa shape index (κ2) is 4.62. The number of hydrogen-bond donors (Lipinski definition) is 1. The van der Waals surface area contributed by atoms with Gasteiger partial charge in [-0.3, -0.25) is 9.48 Å². The van der Waals surface area contributed by atoms with Gasteiger partial charge in [0.1, 0.15) is 4.88 Å². The highest BCUT2D eigenvalue weighted by atomic mass is 32.1. The van der Waals surface area contributed by atoms with Crippen molar-refractivity contribution in [3.8, 4) is 0 Å². The molecule has 0 spiro atoms. The number of nitrogens with zero attached hydrogens (tertiary/aromatic N) is 4. The van der Waals surface area contributed by atoms with E-state index in [9.17, 15) is 4.79 Å². The summed E-state index contributed by atoms with van der Waals surface area (Å²) in [5.41, 5.74) is 1.48. The van der Waals surface area contributed by atoms with Crippen molar-refractivity contribution in [3.63, 3.8) is 0 Å². The van der Waals surface area contributed by atoms with Gasteiger partial charge < -0.3 is 5.32 Å². The van der Waals surface area contributed by atoms with Gasteiger partial charge >= 0.3 is 0 Å². The normalized spacial score (nSPS) is 12.4. The summed E-state index contributed by atoms with van der Waals surface area (Å²) in [7, 11) is 1.84. The van der Waals surface area contributed by atoms with Gasteiger partial charge in [-0.25, -0.2) is 0 Å². The molecule has 6 nitrogen and oxygen atoms in total. The van der Waals surface area contributed by atoms with Crippen molar-refractivity contribution in [2.75, 3.05) is 0 Å². The molecule has 0 aromatic carbocycles. The maximum absolute atomic E-state index is 11.9. The second-order valence-electron chi connectivity index (χ2n) is 3.80. The van der Waals surface area contributed by atoms with E-state index >= 15 is 0 Å². The van der Waals surface area contributed by atoms with Gasteiger partial charge in [0.2, 0.25) is 0 Å². The van der Waals surface area contributed by atoms with E-state index in [0.717, 1.165) is 17.2 Å². The first-order valence-corrected chi connectivity index (χ1v) is 5.94. The van der Waals surface area contributed by atoms with E-state index in [-0.39, 0.29) is 11.9 Å². The minimum absolute atomic E-state index is 0.134. The fraction of sp³-hybridized carbons (Fsp3) is 0.400. The number of aryl methyl sites for hydroxylation is 2. The van der Waals surface area contributed by atoms with Gasteiger partial charge in [-0.05, 0) is 31.4 Å². The summed E-state index contributed by atoms with van der Waals surface area (Å²) in [6, 6.07) is 1.74. The number of amides is 1. The smallest absolute Gasteiger partial charge is 0.265 e. The van der Waals surface area contributed by atoms with Crippen molar-refractivity contribution >= 4 is 17.4 Å². The first kappa shape index (κ1) is 11.7. The van der Waals surface area contributed by atoms with Gasteiger partial charge in [0.15, 0.2) is 0 Å². The van der Waals surface area contributed by atoms with Crippen LogP contribution in [0.15, 0.2) is 12.3 Å². The second-order valence-corrected chi connectivity index (χ2v) is 4.55. The molecule has 0 aliphatic carbocycles. The molecule has 0 bridgehead atoms. The summed E-state index contributed by atoms with van der Waals surface area (Å²) in [4.78, 5) is 12.5. The van der Waals surface area contributed by atoms with Crippen LogP contribution in [-0.2, 0) is 7.05 Å². The van der Waals surface area contributed by atoms with Crippen LogP contribution in [0, 0.1) is 6.92 Å². The number of carbonyl (C=O) groups is 1. The predicted octanol–water partition coefficient (Wildman–Crippen LogP) is 1.07. The summed E-state index contributed by atoms with van der Waals surface area (Å²) in [5, 5.41) is 10.9. The third-order valence-corrected chi connectivity index (χ3v) is 3.21. The number of aromatic nitrogens is 4. The van der Waals surface area contributed by atoms with Gasteiger partial charge in [-0.2, -0.15) is 5.10 Å². The van der Waals surface area contributed by atoms with Crippen LogP contribution in [0.5, 0.6) is 0 Å². The van der Waals surface area contributed by atoms with Crippen molar-refractivity contribution in [2.24, 2.45) is 7.05 Å². The topological polar surface area (TPSA) is 72.7 Å². The fourth-order valence-electron chi connectivity index (χ4n) is 1.44. The molecule has 0 saturated carbocycles. The average molecular weight is 251 g/mol. The number of rotatable bonds is 3. The molecule has 0 fully saturated rings. The van der Waals surface area contributed by atoms with E-state index in [1.807, 2.05) is 26.2 Å². The summed E-state index contributed by atoms with van der Waals surface area (Å²) < 4.78 is 5.44. The Balaban J connectivity index is 2.07. The quantitative estimate of drug-likeness (QED) is 0.885. The average Bonchev–Trinajstić information content (AvgIpc) is 2.86. The van der Waals surface area contributed by atoms with Gasteiger partial charge in [0.05, 0.1) is 17.4 Å². The molecular formula is C10H13N5OS. The Morgan fingerprint density at radius 3 is 2.88 bits per heavy atom. The Morgan fingerprint density at radius 1 is 1.59 bits per heavy atom. The van der Waals surface area contributed by atoms with Crippen LogP contribution >= 0.6 is 11.5 Å². The molecule has 0 saturated heterocycles. The lowest BCUT2D eigenvalue weighted by molar-refractivity contribution is 0.0942. The summed E-state index contributed by atoms with van der Waals surface area (Å²) in [6.07, 6.45) is 1.84. The van der Waals surface area contributed by atoms with Crippen LogP contribution in [0.4, 0.5) is 0 Å². The van der Waals surface area contributed by atoms with Gasteiger partial charge in [-0.1, -0.05) is 4.49 Å². The molecule has 1 atom stereocenters. The highest BCUT2D eigenvalue weighted by molar-refractivity contribution is 7.07. The third kappa shape index (κ3) is 2.50. The molecule has 17 heavy (non-hydrogen) atoms. The van der Waals surface area contributed by atoms with E-state index < -0.39 is 0 Å². The summed E-state index contributed by atoms with van der Waals surface area (Å²) in [6.45, 7) is 3.66. The highest BCUT2D eigenvalue weighted by Crippen LogP contribution is 2.13. The van der Waals surface area contributed by atoms with E-state index in [1.54, 1.807) is 11.6 Å². The summed E-state index contributed by atoms with van der Waals surface area (Å²) >= 11 is 1.10.